The van der Waals surface area contributed by atoms with Crippen molar-refractivity contribution >= 4 is 11.9 Å². The van der Waals surface area contributed by atoms with Crippen LogP contribution < -0.4 is 0 Å². The molecule has 5 heteroatoms. The predicted octanol–water partition coefficient (Wildman–Crippen LogP) is 1.74. The molecular weight excluding hydrogens is 224 g/mol. The summed E-state index contributed by atoms with van der Waals surface area (Å²) < 4.78 is 10.2. The van der Waals surface area contributed by atoms with Crippen molar-refractivity contribution in [2.24, 2.45) is 0 Å². The number of methoxy groups -OCH3 is 1. The lowest BCUT2D eigenvalue weighted by atomic mass is 9.84. The fourth-order valence-electron chi connectivity index (χ4n) is 2.27. The lowest BCUT2D eigenvalue weighted by Gasteiger charge is -2.42. The molecule has 5 nitrogen and oxygen atoms in total. The van der Waals surface area contributed by atoms with Gasteiger partial charge in [0.25, 0.3) is 0 Å². The van der Waals surface area contributed by atoms with Crippen LogP contribution in [0.25, 0.3) is 0 Å². The standard InChI is InChI=1S/C12H20O5/c1-11(2)6-4-7-12(17-11,10(14)15)8-5-9(13)16-3/h4-8H2,1-3H3,(H,14,15). The average Bonchev–Trinajstić information content (AvgIpc) is 2.24. The number of esters is 1. The van der Waals surface area contributed by atoms with E-state index in [1.807, 2.05) is 13.8 Å². The highest BCUT2D eigenvalue weighted by atomic mass is 16.5. The molecule has 0 aromatic heterocycles. The topological polar surface area (TPSA) is 72.8 Å². The zero-order valence-electron chi connectivity index (χ0n) is 10.6. The highest BCUT2D eigenvalue weighted by molar-refractivity contribution is 5.79. The summed E-state index contributed by atoms with van der Waals surface area (Å²) in [6.45, 7) is 3.75. The van der Waals surface area contributed by atoms with E-state index >= 15 is 0 Å². The molecule has 1 aliphatic heterocycles. The van der Waals surface area contributed by atoms with Crippen LogP contribution in [0.2, 0.25) is 0 Å². The summed E-state index contributed by atoms with van der Waals surface area (Å²) in [5.41, 5.74) is -1.69. The van der Waals surface area contributed by atoms with Gasteiger partial charge in [0.15, 0.2) is 5.60 Å². The normalized spacial score (nSPS) is 27.5. The van der Waals surface area contributed by atoms with Gasteiger partial charge in [-0.15, -0.1) is 0 Å². The summed E-state index contributed by atoms with van der Waals surface area (Å²) in [6, 6.07) is 0. The molecule has 17 heavy (non-hydrogen) atoms. The summed E-state index contributed by atoms with van der Waals surface area (Å²) in [6.07, 6.45) is 2.31. The highest BCUT2D eigenvalue weighted by Gasteiger charge is 2.46. The molecule has 0 bridgehead atoms. The lowest BCUT2D eigenvalue weighted by Crippen LogP contribution is -2.51. The summed E-state index contributed by atoms with van der Waals surface area (Å²) >= 11 is 0. The van der Waals surface area contributed by atoms with E-state index in [1.54, 1.807) is 0 Å². The molecule has 0 saturated carbocycles. The number of aliphatic carboxylic acids is 1. The van der Waals surface area contributed by atoms with Gasteiger partial charge in [-0.3, -0.25) is 4.79 Å². The van der Waals surface area contributed by atoms with Gasteiger partial charge in [-0.25, -0.2) is 4.79 Å². The molecule has 0 spiro atoms. The van der Waals surface area contributed by atoms with Gasteiger partial charge in [0, 0.05) is 6.42 Å². The van der Waals surface area contributed by atoms with Gasteiger partial charge in [-0.2, -0.15) is 0 Å². The molecule has 0 aromatic rings. The van der Waals surface area contributed by atoms with Crippen molar-refractivity contribution < 1.29 is 24.2 Å². The summed E-state index contributed by atoms with van der Waals surface area (Å²) in [4.78, 5) is 22.5. The maximum atomic E-state index is 11.4. The van der Waals surface area contributed by atoms with Gasteiger partial charge < -0.3 is 14.6 Å². The number of hydrogen-bond donors (Lipinski definition) is 1. The molecular formula is C12H20O5. The Morgan fingerprint density at radius 1 is 1.35 bits per heavy atom. The molecule has 1 unspecified atom stereocenters. The van der Waals surface area contributed by atoms with E-state index in [0.29, 0.717) is 6.42 Å². The Balaban J connectivity index is 2.75. The molecule has 1 saturated heterocycles. The molecule has 98 valence electrons. The van der Waals surface area contributed by atoms with E-state index in [4.69, 9.17) is 4.74 Å². The van der Waals surface area contributed by atoms with Crippen molar-refractivity contribution in [3.63, 3.8) is 0 Å². The Morgan fingerprint density at radius 2 is 2.00 bits per heavy atom. The molecule has 1 fully saturated rings. The Hall–Kier alpha value is -1.10. The number of hydrogen-bond acceptors (Lipinski definition) is 4. The predicted molar refractivity (Wildman–Crippen MR) is 60.6 cm³/mol. The molecule has 1 rings (SSSR count). The third-order valence-electron chi connectivity index (χ3n) is 3.18. The number of carbonyl (C=O) groups excluding carboxylic acids is 1. The first kappa shape index (κ1) is 14.0. The van der Waals surface area contributed by atoms with Gasteiger partial charge in [0.05, 0.1) is 12.7 Å². The van der Waals surface area contributed by atoms with Gasteiger partial charge in [-0.1, -0.05) is 0 Å². The van der Waals surface area contributed by atoms with Crippen molar-refractivity contribution in [2.75, 3.05) is 7.11 Å². The van der Waals surface area contributed by atoms with Crippen LogP contribution in [0, 0.1) is 0 Å². The molecule has 0 aromatic carbocycles. The molecule has 0 aliphatic carbocycles. The van der Waals surface area contributed by atoms with Crippen LogP contribution in [-0.4, -0.2) is 35.4 Å². The SMILES string of the molecule is COC(=O)CCC1(C(=O)O)CCCC(C)(C)O1. The van der Waals surface area contributed by atoms with E-state index in [1.165, 1.54) is 7.11 Å². The second-order valence-corrected chi connectivity index (χ2v) is 5.09. The Morgan fingerprint density at radius 3 is 2.47 bits per heavy atom. The van der Waals surface area contributed by atoms with Crippen LogP contribution in [0.15, 0.2) is 0 Å². The van der Waals surface area contributed by atoms with E-state index < -0.39 is 23.1 Å². The zero-order chi connectivity index (χ0) is 13.1. The van der Waals surface area contributed by atoms with Gasteiger partial charge in [-0.05, 0) is 39.5 Å². The summed E-state index contributed by atoms with van der Waals surface area (Å²) in [5.74, 6) is -1.40. The van der Waals surface area contributed by atoms with E-state index in [-0.39, 0.29) is 12.8 Å². The first-order chi connectivity index (χ1) is 7.81. The number of ether oxygens (including phenoxy) is 2. The van der Waals surface area contributed by atoms with Crippen LogP contribution in [0.4, 0.5) is 0 Å². The summed E-state index contributed by atoms with van der Waals surface area (Å²) in [7, 11) is 1.29. The lowest BCUT2D eigenvalue weighted by molar-refractivity contribution is -0.205. The van der Waals surface area contributed by atoms with E-state index in [2.05, 4.69) is 4.74 Å². The van der Waals surface area contributed by atoms with E-state index in [9.17, 15) is 14.7 Å². The molecule has 0 amide bonds. The minimum absolute atomic E-state index is 0.0683. The fourth-order valence-corrected chi connectivity index (χ4v) is 2.27. The first-order valence-corrected chi connectivity index (χ1v) is 5.82. The fraction of sp³-hybridized carbons (Fsp3) is 0.833. The average molecular weight is 244 g/mol. The number of rotatable bonds is 4. The zero-order valence-corrected chi connectivity index (χ0v) is 10.6. The van der Waals surface area contributed by atoms with Crippen molar-refractivity contribution in [1.29, 1.82) is 0 Å². The van der Waals surface area contributed by atoms with Crippen molar-refractivity contribution in [1.82, 2.24) is 0 Å². The Bertz CT molecular complexity index is 310. The third-order valence-corrected chi connectivity index (χ3v) is 3.18. The van der Waals surface area contributed by atoms with Gasteiger partial charge >= 0.3 is 11.9 Å². The maximum Gasteiger partial charge on any atom is 0.336 e. The van der Waals surface area contributed by atoms with Crippen molar-refractivity contribution in [3.8, 4) is 0 Å². The first-order valence-electron chi connectivity index (χ1n) is 5.82. The smallest absolute Gasteiger partial charge is 0.336 e. The molecule has 1 heterocycles. The second kappa shape index (κ2) is 5.04. The van der Waals surface area contributed by atoms with Crippen LogP contribution in [0.5, 0.6) is 0 Å². The van der Waals surface area contributed by atoms with Crippen molar-refractivity contribution in [2.45, 2.75) is 57.2 Å². The Labute approximate surface area is 101 Å². The minimum Gasteiger partial charge on any atom is -0.479 e. The summed E-state index contributed by atoms with van der Waals surface area (Å²) in [5, 5.41) is 9.33. The largest absolute Gasteiger partial charge is 0.479 e. The minimum atomic E-state index is -1.24. The highest BCUT2D eigenvalue weighted by Crippen LogP contribution is 2.38. The number of carboxylic acids is 1. The van der Waals surface area contributed by atoms with Gasteiger partial charge in [0.1, 0.15) is 0 Å². The molecule has 1 atom stereocenters. The molecule has 1 N–H and O–H groups in total. The van der Waals surface area contributed by atoms with Crippen LogP contribution >= 0.6 is 0 Å². The number of carbonyl (C=O) groups is 2. The second-order valence-electron chi connectivity index (χ2n) is 5.09. The Kier molecular flexibility index (Phi) is 4.14. The quantitative estimate of drug-likeness (QED) is 0.762. The van der Waals surface area contributed by atoms with Crippen molar-refractivity contribution in [3.05, 3.63) is 0 Å². The van der Waals surface area contributed by atoms with E-state index in [0.717, 1.165) is 12.8 Å². The molecule has 0 radical (unpaired) electrons. The number of carboxylic acid groups (broad SMARTS) is 1. The molecule has 1 aliphatic rings. The van der Waals surface area contributed by atoms with Crippen LogP contribution in [0.1, 0.15) is 46.0 Å². The third kappa shape index (κ3) is 3.43. The van der Waals surface area contributed by atoms with Crippen LogP contribution in [0.3, 0.4) is 0 Å². The monoisotopic (exact) mass is 244 g/mol. The maximum absolute atomic E-state index is 11.4. The van der Waals surface area contributed by atoms with Gasteiger partial charge in [0.2, 0.25) is 0 Å². The van der Waals surface area contributed by atoms with Crippen LogP contribution in [-0.2, 0) is 19.1 Å².